The van der Waals surface area contributed by atoms with Gasteiger partial charge in [-0.15, -0.1) is 0 Å². The first kappa shape index (κ1) is 14.9. The van der Waals surface area contributed by atoms with E-state index < -0.39 is 0 Å². The molecule has 5 heteroatoms. The number of aryl methyl sites for hydroxylation is 1. The molecule has 2 aromatic rings. The first-order valence-electron chi connectivity index (χ1n) is 6.72. The number of halogens is 1. The number of benzene rings is 1. The van der Waals surface area contributed by atoms with Crippen molar-refractivity contribution in [3.63, 3.8) is 0 Å². The van der Waals surface area contributed by atoms with Gasteiger partial charge < -0.3 is 10.1 Å². The Labute approximate surface area is 124 Å². The summed E-state index contributed by atoms with van der Waals surface area (Å²) in [4.78, 5) is 0. The summed E-state index contributed by atoms with van der Waals surface area (Å²) in [5.74, 6) is 0.807. The number of hydrogen-bond acceptors (Lipinski definition) is 3. The molecule has 20 heavy (non-hydrogen) atoms. The summed E-state index contributed by atoms with van der Waals surface area (Å²) in [5.41, 5.74) is 2.14. The fourth-order valence-electron chi connectivity index (χ4n) is 2.05. The highest BCUT2D eigenvalue weighted by molar-refractivity contribution is 6.31. The monoisotopic (exact) mass is 293 g/mol. The summed E-state index contributed by atoms with van der Waals surface area (Å²) in [6, 6.07) is 5.89. The molecule has 4 nitrogen and oxygen atoms in total. The molecule has 1 heterocycles. The van der Waals surface area contributed by atoms with Gasteiger partial charge in [-0.2, -0.15) is 5.10 Å². The number of hydrogen-bond donors (Lipinski definition) is 1. The Bertz CT molecular complexity index is 568. The third-order valence-corrected chi connectivity index (χ3v) is 3.71. The number of ether oxygens (including phenoxy) is 1. The van der Waals surface area contributed by atoms with Crippen LogP contribution in [-0.2, 0) is 13.1 Å². The second-order valence-corrected chi connectivity index (χ2v) is 5.06. The van der Waals surface area contributed by atoms with Crippen LogP contribution < -0.4 is 10.1 Å². The zero-order valence-corrected chi connectivity index (χ0v) is 12.8. The van der Waals surface area contributed by atoms with Crippen LogP contribution >= 0.6 is 11.6 Å². The van der Waals surface area contributed by atoms with E-state index in [4.69, 9.17) is 16.3 Å². The molecule has 0 bridgehead atoms. The van der Waals surface area contributed by atoms with Gasteiger partial charge in [-0.25, -0.2) is 0 Å². The van der Waals surface area contributed by atoms with E-state index in [-0.39, 0.29) is 6.04 Å². The molecule has 0 aliphatic rings. The molecule has 1 N–H and O–H groups in total. The molecular formula is C15H20ClN3O. The second-order valence-electron chi connectivity index (χ2n) is 4.65. The Balaban J connectivity index is 2.05. The molecule has 1 atom stereocenters. The standard InChI is InChI=1S/C15H20ClN3O/c1-4-19-10-12(8-18-19)11(2)17-9-13-14(16)6-5-7-15(13)20-3/h5-8,10-11,17H,4,9H2,1-3H3. The van der Waals surface area contributed by atoms with Gasteiger partial charge >= 0.3 is 0 Å². The molecule has 0 saturated carbocycles. The molecule has 0 radical (unpaired) electrons. The Morgan fingerprint density at radius 3 is 2.90 bits per heavy atom. The molecule has 108 valence electrons. The molecule has 2 rings (SSSR count). The summed E-state index contributed by atoms with van der Waals surface area (Å²) < 4.78 is 7.26. The van der Waals surface area contributed by atoms with Gasteiger partial charge in [0.05, 0.1) is 13.3 Å². The maximum absolute atomic E-state index is 6.23. The van der Waals surface area contributed by atoms with E-state index in [1.54, 1.807) is 7.11 Å². The highest BCUT2D eigenvalue weighted by Crippen LogP contribution is 2.26. The van der Waals surface area contributed by atoms with Gasteiger partial charge in [0, 0.05) is 41.5 Å². The zero-order chi connectivity index (χ0) is 14.5. The smallest absolute Gasteiger partial charge is 0.124 e. The van der Waals surface area contributed by atoms with E-state index >= 15 is 0 Å². The van der Waals surface area contributed by atoms with Crippen molar-refractivity contribution < 1.29 is 4.74 Å². The van der Waals surface area contributed by atoms with Gasteiger partial charge in [0.25, 0.3) is 0 Å². The number of nitrogens with zero attached hydrogens (tertiary/aromatic N) is 2. The van der Waals surface area contributed by atoms with Crippen molar-refractivity contribution in [2.75, 3.05) is 7.11 Å². The van der Waals surface area contributed by atoms with Crippen LogP contribution in [0.5, 0.6) is 5.75 Å². The molecule has 0 saturated heterocycles. The summed E-state index contributed by atoms with van der Waals surface area (Å²) in [6.07, 6.45) is 3.95. The summed E-state index contributed by atoms with van der Waals surface area (Å²) >= 11 is 6.23. The maximum atomic E-state index is 6.23. The van der Waals surface area contributed by atoms with Crippen LogP contribution in [0.1, 0.15) is 31.0 Å². The van der Waals surface area contributed by atoms with Crippen LogP contribution in [0.15, 0.2) is 30.6 Å². The fourth-order valence-corrected chi connectivity index (χ4v) is 2.28. The van der Waals surface area contributed by atoms with Crippen LogP contribution in [-0.4, -0.2) is 16.9 Å². The topological polar surface area (TPSA) is 39.1 Å². The van der Waals surface area contributed by atoms with E-state index in [2.05, 4.69) is 30.5 Å². The lowest BCUT2D eigenvalue weighted by Gasteiger charge is -2.15. The molecular weight excluding hydrogens is 274 g/mol. The maximum Gasteiger partial charge on any atom is 0.124 e. The van der Waals surface area contributed by atoms with Crippen LogP contribution in [0.4, 0.5) is 0 Å². The van der Waals surface area contributed by atoms with Crippen LogP contribution in [0.25, 0.3) is 0 Å². The lowest BCUT2D eigenvalue weighted by Crippen LogP contribution is -2.18. The molecule has 1 aromatic carbocycles. The van der Waals surface area contributed by atoms with Crippen molar-refractivity contribution in [1.29, 1.82) is 0 Å². The predicted molar refractivity (Wildman–Crippen MR) is 81.2 cm³/mol. The zero-order valence-electron chi connectivity index (χ0n) is 12.1. The van der Waals surface area contributed by atoms with Crippen molar-refractivity contribution in [1.82, 2.24) is 15.1 Å². The van der Waals surface area contributed by atoms with Gasteiger partial charge in [-0.3, -0.25) is 4.68 Å². The van der Waals surface area contributed by atoms with Crippen molar-refractivity contribution in [3.8, 4) is 5.75 Å². The van der Waals surface area contributed by atoms with E-state index in [0.29, 0.717) is 11.6 Å². The van der Waals surface area contributed by atoms with E-state index in [9.17, 15) is 0 Å². The van der Waals surface area contributed by atoms with Crippen molar-refractivity contribution in [2.24, 2.45) is 0 Å². The molecule has 0 aliphatic heterocycles. The second kappa shape index (κ2) is 6.77. The van der Waals surface area contributed by atoms with Gasteiger partial charge in [0.2, 0.25) is 0 Å². The van der Waals surface area contributed by atoms with Crippen molar-refractivity contribution in [3.05, 3.63) is 46.7 Å². The summed E-state index contributed by atoms with van der Waals surface area (Å²) in [5, 5.41) is 8.45. The van der Waals surface area contributed by atoms with Gasteiger partial charge in [0.1, 0.15) is 5.75 Å². The van der Waals surface area contributed by atoms with E-state index in [0.717, 1.165) is 23.4 Å². The van der Waals surface area contributed by atoms with E-state index in [1.165, 1.54) is 0 Å². The quantitative estimate of drug-likeness (QED) is 0.887. The first-order valence-corrected chi connectivity index (χ1v) is 7.10. The third-order valence-electron chi connectivity index (χ3n) is 3.36. The molecule has 1 unspecified atom stereocenters. The highest BCUT2D eigenvalue weighted by atomic mass is 35.5. The third kappa shape index (κ3) is 3.32. The molecule has 0 spiro atoms. The molecule has 0 fully saturated rings. The van der Waals surface area contributed by atoms with Crippen LogP contribution in [0, 0.1) is 0 Å². The Morgan fingerprint density at radius 2 is 2.25 bits per heavy atom. The lowest BCUT2D eigenvalue weighted by molar-refractivity contribution is 0.406. The molecule has 0 amide bonds. The minimum absolute atomic E-state index is 0.205. The lowest BCUT2D eigenvalue weighted by atomic mass is 10.1. The Hall–Kier alpha value is -1.52. The SMILES string of the molecule is CCn1cc(C(C)NCc2c(Cl)cccc2OC)cn1. The van der Waals surface area contributed by atoms with E-state index in [1.807, 2.05) is 29.1 Å². The highest BCUT2D eigenvalue weighted by Gasteiger charge is 2.11. The van der Waals surface area contributed by atoms with Crippen LogP contribution in [0.3, 0.4) is 0 Å². The average molecular weight is 294 g/mol. The first-order chi connectivity index (χ1) is 9.65. The summed E-state index contributed by atoms with van der Waals surface area (Å²) in [7, 11) is 1.66. The molecule has 1 aromatic heterocycles. The average Bonchev–Trinajstić information content (AvgIpc) is 2.94. The number of rotatable bonds is 6. The van der Waals surface area contributed by atoms with Gasteiger partial charge in [0.15, 0.2) is 0 Å². The Kier molecular flexibility index (Phi) is 5.04. The summed E-state index contributed by atoms with van der Waals surface area (Å²) in [6.45, 7) is 5.72. The molecule has 0 aliphatic carbocycles. The number of aromatic nitrogens is 2. The van der Waals surface area contributed by atoms with Crippen LogP contribution in [0.2, 0.25) is 5.02 Å². The Morgan fingerprint density at radius 1 is 1.45 bits per heavy atom. The minimum atomic E-state index is 0.205. The largest absolute Gasteiger partial charge is 0.496 e. The van der Waals surface area contributed by atoms with Crippen molar-refractivity contribution >= 4 is 11.6 Å². The minimum Gasteiger partial charge on any atom is -0.496 e. The number of nitrogens with one attached hydrogen (secondary N) is 1. The predicted octanol–water partition coefficient (Wildman–Crippen LogP) is 3.42. The van der Waals surface area contributed by atoms with Crippen molar-refractivity contribution in [2.45, 2.75) is 33.0 Å². The van der Waals surface area contributed by atoms with Gasteiger partial charge in [-0.1, -0.05) is 17.7 Å². The fraction of sp³-hybridized carbons (Fsp3) is 0.400. The number of methoxy groups -OCH3 is 1. The van der Waals surface area contributed by atoms with Gasteiger partial charge in [-0.05, 0) is 26.0 Å². The normalized spacial score (nSPS) is 12.4.